The average molecular weight is 576 g/mol. The van der Waals surface area contributed by atoms with Crippen LogP contribution in [-0.4, -0.2) is 87.9 Å². The minimum Gasteiger partial charge on any atom is -0.490 e. The van der Waals surface area contributed by atoms with Crippen molar-refractivity contribution in [1.29, 1.82) is 0 Å². The van der Waals surface area contributed by atoms with E-state index in [0.717, 1.165) is 24.8 Å². The smallest absolute Gasteiger partial charge is 0.261 e. The summed E-state index contributed by atoms with van der Waals surface area (Å²) < 4.78 is 41.3. The van der Waals surface area contributed by atoms with Crippen LogP contribution in [0.25, 0.3) is 0 Å². The minimum atomic E-state index is -3.87. The summed E-state index contributed by atoms with van der Waals surface area (Å²) in [6.07, 6.45) is 2.33. The van der Waals surface area contributed by atoms with E-state index in [1.807, 2.05) is 27.9 Å². The summed E-state index contributed by atoms with van der Waals surface area (Å²) in [5, 5.41) is 10.1. The van der Waals surface area contributed by atoms with Crippen molar-refractivity contribution < 1.29 is 27.8 Å². The molecule has 40 heavy (non-hydrogen) atoms. The zero-order chi connectivity index (χ0) is 29.4. The van der Waals surface area contributed by atoms with Crippen molar-refractivity contribution in [2.75, 3.05) is 45.1 Å². The standard InChI is InChI=1S/C30H45N3O6S/c1-21-10-13-26(14-11-21)40(36,37)31-25-12-15-28-27(17-25)30(35)33(23(3)20-34)18-22(2)29(19-32(5)6)38-16-8-7-9-24(4)39-28/h10-15,17,22-24,29,31,34H,7-9,16,18-20H2,1-6H3/t22-,23+,24+,29-/m0/s1. The number of aryl methyl sites for hydroxylation is 1. The zero-order valence-corrected chi connectivity index (χ0v) is 25.4. The molecule has 10 heteroatoms. The van der Waals surface area contributed by atoms with E-state index >= 15 is 0 Å². The van der Waals surface area contributed by atoms with Crippen LogP contribution in [-0.2, 0) is 14.8 Å². The third kappa shape index (κ3) is 8.67. The van der Waals surface area contributed by atoms with Gasteiger partial charge in [-0.2, -0.15) is 0 Å². The summed E-state index contributed by atoms with van der Waals surface area (Å²) in [7, 11) is 0.118. The van der Waals surface area contributed by atoms with Crippen LogP contribution in [0.15, 0.2) is 47.4 Å². The van der Waals surface area contributed by atoms with E-state index in [0.29, 0.717) is 25.4 Å². The molecular formula is C30H45N3O6S. The molecule has 1 heterocycles. The Morgan fingerprint density at radius 1 is 1.12 bits per heavy atom. The fraction of sp³-hybridized carbons (Fsp3) is 0.567. The van der Waals surface area contributed by atoms with Gasteiger partial charge in [-0.05, 0) is 84.5 Å². The Labute approximate surface area is 239 Å². The van der Waals surface area contributed by atoms with Crippen molar-refractivity contribution in [1.82, 2.24) is 9.80 Å². The van der Waals surface area contributed by atoms with Crippen LogP contribution in [0.2, 0.25) is 0 Å². The van der Waals surface area contributed by atoms with Gasteiger partial charge in [-0.15, -0.1) is 0 Å². The molecule has 0 spiro atoms. The summed E-state index contributed by atoms with van der Waals surface area (Å²) in [6, 6.07) is 10.9. The molecule has 0 aliphatic carbocycles. The maximum Gasteiger partial charge on any atom is 0.261 e. The number of aliphatic hydroxyl groups excluding tert-OH is 1. The van der Waals surface area contributed by atoms with E-state index in [9.17, 15) is 18.3 Å². The zero-order valence-electron chi connectivity index (χ0n) is 24.6. The Kier molecular flexibility index (Phi) is 11.4. The largest absolute Gasteiger partial charge is 0.490 e. The number of carbonyl (C=O) groups excluding carboxylic acids is 1. The number of anilines is 1. The van der Waals surface area contributed by atoms with E-state index in [2.05, 4.69) is 16.5 Å². The lowest BCUT2D eigenvalue weighted by Gasteiger charge is -2.35. The van der Waals surface area contributed by atoms with Crippen LogP contribution >= 0.6 is 0 Å². The number of rotatable bonds is 7. The molecule has 0 unspecified atom stereocenters. The number of nitrogens with zero attached hydrogens (tertiary/aromatic N) is 2. The van der Waals surface area contributed by atoms with Crippen LogP contribution in [0.1, 0.15) is 56.0 Å². The van der Waals surface area contributed by atoms with Gasteiger partial charge in [-0.1, -0.05) is 24.6 Å². The van der Waals surface area contributed by atoms with Crippen molar-refractivity contribution in [2.45, 2.75) is 70.1 Å². The Morgan fingerprint density at radius 3 is 2.48 bits per heavy atom. The van der Waals surface area contributed by atoms with Crippen LogP contribution in [0.3, 0.4) is 0 Å². The summed E-state index contributed by atoms with van der Waals surface area (Å²) in [5.74, 6) is 0.0270. The number of carbonyl (C=O) groups is 1. The highest BCUT2D eigenvalue weighted by atomic mass is 32.2. The molecule has 0 fully saturated rings. The van der Waals surface area contributed by atoms with Gasteiger partial charge >= 0.3 is 0 Å². The molecule has 0 saturated heterocycles. The van der Waals surface area contributed by atoms with E-state index < -0.39 is 16.1 Å². The number of aliphatic hydroxyl groups is 1. The molecule has 0 bridgehead atoms. The Balaban J connectivity index is 2.02. The summed E-state index contributed by atoms with van der Waals surface area (Å²) in [6.45, 7) is 9.16. The second-order valence-electron chi connectivity index (χ2n) is 11.2. The number of ether oxygens (including phenoxy) is 2. The first-order valence-corrected chi connectivity index (χ1v) is 15.5. The maximum atomic E-state index is 14.1. The predicted octanol–water partition coefficient (Wildman–Crippen LogP) is 4.15. The van der Waals surface area contributed by atoms with Gasteiger partial charge in [0.05, 0.1) is 35.3 Å². The number of hydrogen-bond acceptors (Lipinski definition) is 7. The first-order valence-electron chi connectivity index (χ1n) is 14.0. The third-order valence-corrected chi connectivity index (χ3v) is 8.58. The van der Waals surface area contributed by atoms with Gasteiger partial charge in [0.1, 0.15) is 5.75 Å². The first kappa shape index (κ1) is 31.9. The molecule has 1 amide bonds. The quantitative estimate of drug-likeness (QED) is 0.511. The van der Waals surface area contributed by atoms with Gasteiger partial charge in [0.15, 0.2) is 0 Å². The van der Waals surface area contributed by atoms with Gasteiger partial charge in [0.25, 0.3) is 15.9 Å². The van der Waals surface area contributed by atoms with E-state index in [4.69, 9.17) is 9.47 Å². The Morgan fingerprint density at radius 2 is 1.82 bits per heavy atom. The van der Waals surface area contributed by atoms with E-state index in [1.165, 1.54) is 6.07 Å². The van der Waals surface area contributed by atoms with Crippen LogP contribution in [0, 0.1) is 12.8 Å². The second kappa shape index (κ2) is 14.3. The number of nitrogens with one attached hydrogen (secondary N) is 1. The predicted molar refractivity (Wildman–Crippen MR) is 157 cm³/mol. The molecule has 2 N–H and O–H groups in total. The van der Waals surface area contributed by atoms with Gasteiger partial charge < -0.3 is 24.4 Å². The number of likely N-dealkylation sites (N-methyl/N-ethyl adjacent to an activating group) is 1. The Hall–Kier alpha value is -2.66. The molecule has 0 aromatic heterocycles. The molecule has 4 atom stereocenters. The molecule has 2 aromatic carbocycles. The fourth-order valence-corrected chi connectivity index (χ4v) is 5.79. The van der Waals surface area contributed by atoms with Crippen LogP contribution < -0.4 is 9.46 Å². The summed E-state index contributed by atoms with van der Waals surface area (Å²) in [5.41, 5.74) is 1.45. The number of sulfonamides is 1. The SMILES string of the molecule is Cc1ccc(S(=O)(=O)Nc2ccc3c(c2)C(=O)N([C@H](C)CO)C[C@H](C)[C@H](CN(C)C)OCCCC[C@@H](C)O3)cc1. The van der Waals surface area contributed by atoms with Gasteiger partial charge in [-0.3, -0.25) is 9.52 Å². The van der Waals surface area contributed by atoms with Crippen LogP contribution in [0.4, 0.5) is 5.69 Å². The molecule has 3 rings (SSSR count). The van der Waals surface area contributed by atoms with E-state index in [1.54, 1.807) is 48.2 Å². The fourth-order valence-electron chi connectivity index (χ4n) is 4.74. The van der Waals surface area contributed by atoms with Crippen LogP contribution in [0.5, 0.6) is 5.75 Å². The van der Waals surface area contributed by atoms with Crippen molar-refractivity contribution in [3.05, 3.63) is 53.6 Å². The molecule has 9 nitrogen and oxygen atoms in total. The second-order valence-corrected chi connectivity index (χ2v) is 12.9. The topological polar surface area (TPSA) is 108 Å². The molecule has 0 saturated carbocycles. The molecule has 0 radical (unpaired) electrons. The lowest BCUT2D eigenvalue weighted by molar-refractivity contribution is -0.0137. The van der Waals surface area contributed by atoms with E-state index in [-0.39, 0.29) is 46.8 Å². The summed E-state index contributed by atoms with van der Waals surface area (Å²) in [4.78, 5) is 18.0. The molecule has 222 valence electrons. The average Bonchev–Trinajstić information content (AvgIpc) is 2.90. The number of benzene rings is 2. The highest BCUT2D eigenvalue weighted by Gasteiger charge is 2.30. The van der Waals surface area contributed by atoms with Crippen molar-refractivity contribution in [2.24, 2.45) is 5.92 Å². The Bertz CT molecular complexity index is 1220. The van der Waals surface area contributed by atoms with Gasteiger partial charge in [-0.25, -0.2) is 8.42 Å². The lowest BCUT2D eigenvalue weighted by atomic mass is 10.0. The lowest BCUT2D eigenvalue weighted by Crippen LogP contribution is -2.47. The van der Waals surface area contributed by atoms with Crippen molar-refractivity contribution in [3.63, 3.8) is 0 Å². The molecule has 1 aliphatic heterocycles. The first-order chi connectivity index (χ1) is 18.9. The third-order valence-electron chi connectivity index (χ3n) is 7.18. The van der Waals surface area contributed by atoms with Gasteiger partial charge in [0.2, 0.25) is 0 Å². The molecule has 1 aliphatic rings. The van der Waals surface area contributed by atoms with Gasteiger partial charge in [0, 0.05) is 31.3 Å². The van der Waals surface area contributed by atoms with Crippen molar-refractivity contribution >= 4 is 21.6 Å². The highest BCUT2D eigenvalue weighted by Crippen LogP contribution is 2.29. The number of amides is 1. The molecule has 2 aromatic rings. The maximum absolute atomic E-state index is 14.1. The highest BCUT2D eigenvalue weighted by molar-refractivity contribution is 7.92. The number of hydrogen-bond donors (Lipinski definition) is 2. The molecular weight excluding hydrogens is 530 g/mol. The van der Waals surface area contributed by atoms with Crippen molar-refractivity contribution in [3.8, 4) is 5.75 Å². The monoisotopic (exact) mass is 575 g/mol. The minimum absolute atomic E-state index is 0.0187. The number of fused-ring (bicyclic) bond motifs is 1. The normalized spacial score (nSPS) is 22.2. The summed E-state index contributed by atoms with van der Waals surface area (Å²) >= 11 is 0.